The van der Waals surface area contributed by atoms with E-state index in [1.54, 1.807) is 26.0 Å². The predicted molar refractivity (Wildman–Crippen MR) is 143 cm³/mol. The first kappa shape index (κ1) is 27.4. The van der Waals surface area contributed by atoms with Gasteiger partial charge in [0.05, 0.1) is 28.9 Å². The molecular formula is C30H29F3N2O5. The summed E-state index contributed by atoms with van der Waals surface area (Å²) in [6.07, 6.45) is -4.30. The Bertz CT molecular complexity index is 1460. The van der Waals surface area contributed by atoms with Crippen molar-refractivity contribution in [1.82, 2.24) is 0 Å². The van der Waals surface area contributed by atoms with Gasteiger partial charge >= 0.3 is 12.1 Å². The zero-order valence-electron chi connectivity index (χ0n) is 22.3. The number of carboxylic acid groups (broad SMARTS) is 1. The van der Waals surface area contributed by atoms with Crippen LogP contribution in [0.3, 0.4) is 0 Å². The zero-order chi connectivity index (χ0) is 28.8. The first-order valence-corrected chi connectivity index (χ1v) is 12.9. The molecule has 1 amide bonds. The van der Waals surface area contributed by atoms with Crippen molar-refractivity contribution in [3.63, 3.8) is 0 Å². The van der Waals surface area contributed by atoms with Crippen molar-refractivity contribution in [3.8, 4) is 11.5 Å². The van der Waals surface area contributed by atoms with E-state index < -0.39 is 34.7 Å². The number of likely N-dealkylation sites (N-methyl/N-ethyl adjacent to an activating group) is 1. The van der Waals surface area contributed by atoms with Gasteiger partial charge in [0.25, 0.3) is 5.91 Å². The van der Waals surface area contributed by atoms with Crippen LogP contribution >= 0.6 is 0 Å². The van der Waals surface area contributed by atoms with Crippen LogP contribution in [0.25, 0.3) is 0 Å². The molecule has 0 bridgehead atoms. The van der Waals surface area contributed by atoms with Crippen LogP contribution < -0.4 is 19.7 Å². The van der Waals surface area contributed by atoms with Gasteiger partial charge in [-0.15, -0.1) is 0 Å². The van der Waals surface area contributed by atoms with Crippen LogP contribution in [0.2, 0.25) is 0 Å². The molecule has 40 heavy (non-hydrogen) atoms. The first-order valence-electron chi connectivity index (χ1n) is 12.9. The number of nitrogens with zero attached hydrogens (tertiary/aromatic N) is 1. The third-order valence-electron chi connectivity index (χ3n) is 7.50. The molecule has 5 rings (SSSR count). The highest BCUT2D eigenvalue weighted by molar-refractivity contribution is 6.07. The lowest BCUT2D eigenvalue weighted by atomic mass is 9.93. The van der Waals surface area contributed by atoms with Crippen molar-refractivity contribution in [2.24, 2.45) is 0 Å². The number of nitrogens with one attached hydrogen (secondary N) is 1. The minimum absolute atomic E-state index is 0.216. The van der Waals surface area contributed by atoms with Crippen molar-refractivity contribution < 1.29 is 37.3 Å². The van der Waals surface area contributed by atoms with Crippen LogP contribution in [0.4, 0.5) is 24.5 Å². The Kier molecular flexibility index (Phi) is 6.89. The second-order valence-electron chi connectivity index (χ2n) is 10.4. The number of carbonyl (C=O) groups is 2. The summed E-state index contributed by atoms with van der Waals surface area (Å²) >= 11 is 0. The Morgan fingerprint density at radius 1 is 1.10 bits per heavy atom. The Hall–Kier alpha value is -4.21. The number of carbonyl (C=O) groups excluding carboxylic acids is 1. The number of amides is 1. The van der Waals surface area contributed by atoms with Gasteiger partial charge in [0.2, 0.25) is 0 Å². The Labute approximate surface area is 229 Å². The van der Waals surface area contributed by atoms with Gasteiger partial charge in [-0.25, -0.2) is 0 Å². The second kappa shape index (κ2) is 10.1. The molecule has 10 heteroatoms. The number of halogens is 3. The van der Waals surface area contributed by atoms with E-state index in [0.717, 1.165) is 23.6 Å². The summed E-state index contributed by atoms with van der Waals surface area (Å²) in [4.78, 5) is 27.1. The summed E-state index contributed by atoms with van der Waals surface area (Å²) in [6.45, 7) is 4.25. The lowest BCUT2D eigenvalue weighted by Gasteiger charge is -2.33. The lowest BCUT2D eigenvalue weighted by Crippen LogP contribution is -2.41. The SMILES string of the molecule is Cc1cc(OC[C@@H]2CN(C)c3ccccc3O2)cc(C)c1C(=O)Nc1cc(C2(C(=O)O)CC2)ccc1C(F)(F)F. The average Bonchev–Trinajstić information content (AvgIpc) is 3.69. The summed E-state index contributed by atoms with van der Waals surface area (Å²) < 4.78 is 53.3. The van der Waals surface area contributed by atoms with E-state index in [0.29, 0.717) is 36.3 Å². The quantitative estimate of drug-likeness (QED) is 0.374. The zero-order valence-corrected chi connectivity index (χ0v) is 22.3. The van der Waals surface area contributed by atoms with Crippen molar-refractivity contribution in [2.75, 3.05) is 30.4 Å². The number of ether oxygens (including phenoxy) is 2. The molecule has 2 aliphatic rings. The number of para-hydroxylation sites is 2. The normalized spacial score (nSPS) is 17.4. The van der Waals surface area contributed by atoms with E-state index in [-0.39, 0.29) is 23.8 Å². The Morgan fingerprint density at radius 3 is 2.40 bits per heavy atom. The predicted octanol–water partition coefficient (Wildman–Crippen LogP) is 5.97. The lowest BCUT2D eigenvalue weighted by molar-refractivity contribution is -0.140. The number of rotatable bonds is 7. The molecule has 7 nitrogen and oxygen atoms in total. The molecular weight excluding hydrogens is 525 g/mol. The van der Waals surface area contributed by atoms with Gasteiger partial charge in [-0.1, -0.05) is 18.2 Å². The molecule has 210 valence electrons. The number of hydrogen-bond acceptors (Lipinski definition) is 5. The van der Waals surface area contributed by atoms with Gasteiger partial charge in [0.1, 0.15) is 24.2 Å². The highest BCUT2D eigenvalue weighted by atomic mass is 19.4. The summed E-state index contributed by atoms with van der Waals surface area (Å²) in [5.41, 5.74) is -0.239. The van der Waals surface area contributed by atoms with Gasteiger partial charge in [0, 0.05) is 12.6 Å². The van der Waals surface area contributed by atoms with E-state index >= 15 is 0 Å². The minimum Gasteiger partial charge on any atom is -0.490 e. The fraction of sp³-hybridized carbons (Fsp3) is 0.333. The monoisotopic (exact) mass is 554 g/mol. The van der Waals surface area contributed by atoms with Crippen LogP contribution in [0.5, 0.6) is 11.5 Å². The van der Waals surface area contributed by atoms with E-state index in [4.69, 9.17) is 9.47 Å². The molecule has 0 radical (unpaired) electrons. The third-order valence-corrected chi connectivity index (χ3v) is 7.50. The molecule has 0 aromatic heterocycles. The van der Waals surface area contributed by atoms with Crippen LogP contribution in [0, 0.1) is 13.8 Å². The molecule has 1 fully saturated rings. The van der Waals surface area contributed by atoms with Gasteiger partial charge < -0.3 is 24.8 Å². The van der Waals surface area contributed by atoms with Gasteiger partial charge in [-0.05, 0) is 79.8 Å². The van der Waals surface area contributed by atoms with Crippen LogP contribution in [0.15, 0.2) is 54.6 Å². The van der Waals surface area contributed by atoms with Crippen LogP contribution in [-0.4, -0.2) is 43.3 Å². The minimum atomic E-state index is -4.74. The van der Waals surface area contributed by atoms with Crippen molar-refractivity contribution in [2.45, 2.75) is 44.4 Å². The number of aliphatic carboxylic acids is 1. The number of fused-ring (bicyclic) bond motifs is 1. The topological polar surface area (TPSA) is 88.1 Å². The summed E-state index contributed by atoms with van der Waals surface area (Å²) in [7, 11) is 1.97. The Morgan fingerprint density at radius 2 is 1.77 bits per heavy atom. The summed E-state index contributed by atoms with van der Waals surface area (Å²) in [6, 6.07) is 14.2. The first-order chi connectivity index (χ1) is 18.9. The Balaban J connectivity index is 1.34. The largest absolute Gasteiger partial charge is 0.490 e. The standard InChI is InChI=1S/C30H29F3N2O5/c1-17-12-20(39-16-21-15-35(3)24-6-4-5-7-25(24)40-21)13-18(2)26(17)27(36)34-23-14-19(29(10-11-29)28(37)38)8-9-22(23)30(31,32)33/h4-9,12-14,21H,10-11,15-16H2,1-3H3,(H,34,36)(H,37,38)/t21-/m0/s1. The molecule has 1 atom stereocenters. The highest BCUT2D eigenvalue weighted by Crippen LogP contribution is 2.50. The molecule has 0 saturated heterocycles. The molecule has 1 saturated carbocycles. The summed E-state index contributed by atoms with van der Waals surface area (Å²) in [5, 5.41) is 12.0. The molecule has 1 heterocycles. The van der Waals surface area contributed by atoms with E-state index in [9.17, 15) is 27.9 Å². The van der Waals surface area contributed by atoms with Gasteiger partial charge in [-0.2, -0.15) is 13.2 Å². The third kappa shape index (κ3) is 5.17. The van der Waals surface area contributed by atoms with Crippen molar-refractivity contribution >= 4 is 23.3 Å². The second-order valence-corrected chi connectivity index (χ2v) is 10.4. The number of benzene rings is 3. The van der Waals surface area contributed by atoms with Gasteiger partial charge in [0.15, 0.2) is 0 Å². The molecule has 0 unspecified atom stereocenters. The van der Waals surface area contributed by atoms with E-state index in [2.05, 4.69) is 10.2 Å². The fourth-order valence-corrected chi connectivity index (χ4v) is 5.26. The van der Waals surface area contributed by atoms with E-state index in [1.165, 1.54) is 6.07 Å². The van der Waals surface area contributed by atoms with Gasteiger partial charge in [-0.3, -0.25) is 9.59 Å². The van der Waals surface area contributed by atoms with E-state index in [1.807, 2.05) is 31.3 Å². The van der Waals surface area contributed by atoms with Crippen molar-refractivity contribution in [1.29, 1.82) is 0 Å². The maximum absolute atomic E-state index is 13.8. The molecule has 0 spiro atoms. The van der Waals surface area contributed by atoms with Crippen molar-refractivity contribution in [3.05, 3.63) is 82.4 Å². The number of carboxylic acids is 1. The molecule has 2 N–H and O–H groups in total. The number of aryl methyl sites for hydroxylation is 2. The number of alkyl halides is 3. The molecule has 3 aromatic carbocycles. The smallest absolute Gasteiger partial charge is 0.418 e. The fourth-order valence-electron chi connectivity index (χ4n) is 5.26. The molecule has 1 aliphatic heterocycles. The van der Waals surface area contributed by atoms with Crippen LogP contribution in [-0.2, 0) is 16.4 Å². The number of hydrogen-bond donors (Lipinski definition) is 2. The summed E-state index contributed by atoms with van der Waals surface area (Å²) in [5.74, 6) is -0.547. The average molecular weight is 555 g/mol. The highest BCUT2D eigenvalue weighted by Gasteiger charge is 2.52. The molecule has 1 aliphatic carbocycles. The number of anilines is 2. The molecule has 3 aromatic rings. The maximum Gasteiger partial charge on any atom is 0.418 e. The van der Waals surface area contributed by atoms with Crippen LogP contribution in [0.1, 0.15) is 45.5 Å². The maximum atomic E-state index is 13.8.